The molecule has 6 nitrogen and oxygen atoms in total. The number of nitrogens with zero attached hydrogens (tertiary/aromatic N) is 2. The number of H-pyrrole nitrogens is 2. The van der Waals surface area contributed by atoms with Gasteiger partial charge in [0.15, 0.2) is 0 Å². The summed E-state index contributed by atoms with van der Waals surface area (Å²) in [5.41, 5.74) is 6.80. The molecular weight excluding hydrogens is 420 g/mol. The first-order chi connectivity index (χ1) is 16.8. The Morgan fingerprint density at radius 3 is 2.12 bits per heavy atom. The third-order valence-corrected chi connectivity index (χ3v) is 7.36. The van der Waals surface area contributed by atoms with E-state index in [-0.39, 0.29) is 0 Å². The van der Waals surface area contributed by atoms with Crippen molar-refractivity contribution >= 4 is 21.8 Å². The van der Waals surface area contributed by atoms with Crippen LogP contribution in [0, 0.1) is 0 Å². The molecule has 2 fully saturated rings. The largest absolute Gasteiger partial charge is 0.341 e. The van der Waals surface area contributed by atoms with Crippen LogP contribution in [0.3, 0.4) is 0 Å². The molecule has 5 aromatic rings. The lowest BCUT2D eigenvalue weighted by Gasteiger charge is -2.07. The Morgan fingerprint density at radius 1 is 0.676 bits per heavy atom. The smallest absolute Gasteiger partial charge is 0.124 e. The number of imidazole rings is 2. The molecule has 2 aromatic heterocycles. The maximum atomic E-state index is 4.81. The minimum absolute atomic E-state index is 0.353. The highest BCUT2D eigenvalue weighted by atomic mass is 15.0. The molecule has 2 aliphatic rings. The fourth-order valence-corrected chi connectivity index (χ4v) is 5.46. The van der Waals surface area contributed by atoms with E-state index >= 15 is 0 Å². The zero-order chi connectivity index (χ0) is 22.5. The standard InChI is InChI=1S/C28H28N6/c1-3-23(29-11-1)27-31-16-26(34-27)21-8-7-17-13-18(5-6-19(17)14-21)20-9-10-22-25(15-20)33-28(32-22)24-4-2-12-30-24/h5-10,13-16,23-24,29-30H,1-4,11-12H2,(H,31,34)(H,32,33). The third-order valence-electron chi connectivity index (χ3n) is 7.36. The van der Waals surface area contributed by atoms with Gasteiger partial charge < -0.3 is 20.6 Å². The zero-order valence-corrected chi connectivity index (χ0v) is 19.1. The summed E-state index contributed by atoms with van der Waals surface area (Å²) in [4.78, 5) is 16.5. The molecule has 2 unspecified atom stereocenters. The van der Waals surface area contributed by atoms with Crippen LogP contribution in [-0.2, 0) is 0 Å². The first kappa shape index (κ1) is 19.9. The predicted octanol–water partition coefficient (Wildman–Crippen LogP) is 5.62. The minimum atomic E-state index is 0.353. The molecule has 34 heavy (non-hydrogen) atoms. The lowest BCUT2D eigenvalue weighted by molar-refractivity contribution is 0.613. The normalized spacial score (nSPS) is 20.6. The van der Waals surface area contributed by atoms with Crippen molar-refractivity contribution in [3.8, 4) is 22.4 Å². The minimum Gasteiger partial charge on any atom is -0.341 e. The molecular formula is C28H28N6. The topological polar surface area (TPSA) is 81.4 Å². The van der Waals surface area contributed by atoms with Crippen molar-refractivity contribution in [2.45, 2.75) is 37.8 Å². The van der Waals surface area contributed by atoms with E-state index in [1.54, 1.807) is 0 Å². The molecule has 3 aromatic carbocycles. The highest BCUT2D eigenvalue weighted by Crippen LogP contribution is 2.31. The number of hydrogen-bond donors (Lipinski definition) is 4. The van der Waals surface area contributed by atoms with E-state index in [0.717, 1.165) is 54.3 Å². The van der Waals surface area contributed by atoms with E-state index in [2.05, 4.69) is 80.2 Å². The molecule has 0 spiro atoms. The summed E-state index contributed by atoms with van der Waals surface area (Å²) in [6.07, 6.45) is 6.68. The fourth-order valence-electron chi connectivity index (χ4n) is 5.46. The Labute approximate surface area is 198 Å². The Hall–Kier alpha value is -3.48. The number of rotatable bonds is 4. The third kappa shape index (κ3) is 3.50. The first-order valence-electron chi connectivity index (χ1n) is 12.4. The quantitative estimate of drug-likeness (QED) is 0.288. The molecule has 0 bridgehead atoms. The molecule has 6 heteroatoms. The Morgan fingerprint density at radius 2 is 1.35 bits per heavy atom. The molecule has 2 atom stereocenters. The zero-order valence-electron chi connectivity index (χ0n) is 19.1. The van der Waals surface area contributed by atoms with E-state index < -0.39 is 0 Å². The second kappa shape index (κ2) is 8.08. The first-order valence-corrected chi connectivity index (χ1v) is 12.4. The van der Waals surface area contributed by atoms with Gasteiger partial charge in [-0.3, -0.25) is 0 Å². The molecule has 170 valence electrons. The summed E-state index contributed by atoms with van der Waals surface area (Å²) in [6.45, 7) is 2.15. The predicted molar refractivity (Wildman–Crippen MR) is 137 cm³/mol. The average Bonchev–Trinajstić information content (AvgIpc) is 3.69. The van der Waals surface area contributed by atoms with Gasteiger partial charge in [-0.25, -0.2) is 9.97 Å². The highest BCUT2D eigenvalue weighted by Gasteiger charge is 2.20. The van der Waals surface area contributed by atoms with Crippen molar-refractivity contribution in [3.05, 3.63) is 72.4 Å². The monoisotopic (exact) mass is 448 g/mol. The summed E-state index contributed by atoms with van der Waals surface area (Å²) >= 11 is 0. The van der Waals surface area contributed by atoms with Crippen LogP contribution in [-0.4, -0.2) is 33.0 Å². The summed E-state index contributed by atoms with van der Waals surface area (Å²) in [5, 5.41) is 9.51. The average molecular weight is 449 g/mol. The summed E-state index contributed by atoms with van der Waals surface area (Å²) < 4.78 is 0. The van der Waals surface area contributed by atoms with Gasteiger partial charge in [0.25, 0.3) is 0 Å². The van der Waals surface area contributed by atoms with Crippen molar-refractivity contribution in [2.24, 2.45) is 0 Å². The molecule has 0 amide bonds. The lowest BCUT2D eigenvalue weighted by atomic mass is 9.99. The van der Waals surface area contributed by atoms with E-state index in [0.29, 0.717) is 12.1 Å². The van der Waals surface area contributed by atoms with Crippen molar-refractivity contribution in [3.63, 3.8) is 0 Å². The van der Waals surface area contributed by atoms with Crippen LogP contribution in [0.2, 0.25) is 0 Å². The van der Waals surface area contributed by atoms with Crippen LogP contribution < -0.4 is 10.6 Å². The van der Waals surface area contributed by atoms with Crippen molar-refractivity contribution in [1.29, 1.82) is 0 Å². The maximum absolute atomic E-state index is 4.81. The van der Waals surface area contributed by atoms with Gasteiger partial charge in [-0.2, -0.15) is 0 Å². The number of aromatic nitrogens is 4. The van der Waals surface area contributed by atoms with Gasteiger partial charge >= 0.3 is 0 Å². The molecule has 4 N–H and O–H groups in total. The van der Waals surface area contributed by atoms with Gasteiger partial charge in [-0.15, -0.1) is 0 Å². The van der Waals surface area contributed by atoms with Gasteiger partial charge in [0, 0.05) is 5.56 Å². The van der Waals surface area contributed by atoms with E-state index in [9.17, 15) is 0 Å². The Bertz CT molecular complexity index is 1480. The van der Waals surface area contributed by atoms with Crippen LogP contribution in [0.15, 0.2) is 60.8 Å². The molecule has 0 radical (unpaired) electrons. The summed E-state index contributed by atoms with van der Waals surface area (Å²) in [7, 11) is 0. The molecule has 0 saturated carbocycles. The van der Waals surface area contributed by atoms with Crippen molar-refractivity contribution < 1.29 is 0 Å². The maximum Gasteiger partial charge on any atom is 0.124 e. The van der Waals surface area contributed by atoms with Gasteiger partial charge in [0.1, 0.15) is 11.6 Å². The molecule has 2 aliphatic heterocycles. The van der Waals surface area contributed by atoms with Crippen molar-refractivity contribution in [1.82, 2.24) is 30.6 Å². The van der Waals surface area contributed by atoms with Crippen LogP contribution in [0.1, 0.15) is 49.4 Å². The molecule has 7 rings (SSSR count). The molecule has 0 aliphatic carbocycles. The lowest BCUT2D eigenvalue weighted by Crippen LogP contribution is -2.14. The van der Waals surface area contributed by atoms with Crippen LogP contribution in [0.4, 0.5) is 0 Å². The van der Waals surface area contributed by atoms with Gasteiger partial charge in [0.05, 0.1) is 35.0 Å². The number of aromatic amines is 2. The van der Waals surface area contributed by atoms with Gasteiger partial charge in [-0.1, -0.05) is 30.3 Å². The van der Waals surface area contributed by atoms with E-state index in [1.165, 1.54) is 40.3 Å². The number of fused-ring (bicyclic) bond motifs is 2. The van der Waals surface area contributed by atoms with E-state index in [1.807, 2.05) is 6.20 Å². The van der Waals surface area contributed by atoms with Crippen molar-refractivity contribution in [2.75, 3.05) is 13.1 Å². The van der Waals surface area contributed by atoms with Crippen LogP contribution >= 0.6 is 0 Å². The Kier molecular flexibility index (Phi) is 4.74. The number of nitrogens with one attached hydrogen (secondary N) is 4. The Balaban J connectivity index is 1.18. The number of hydrogen-bond acceptors (Lipinski definition) is 4. The fraction of sp³-hybridized carbons (Fsp3) is 0.286. The molecule has 4 heterocycles. The van der Waals surface area contributed by atoms with Crippen LogP contribution in [0.5, 0.6) is 0 Å². The highest BCUT2D eigenvalue weighted by molar-refractivity contribution is 5.91. The van der Waals surface area contributed by atoms with Gasteiger partial charge in [0.2, 0.25) is 0 Å². The second-order valence-corrected chi connectivity index (χ2v) is 9.61. The van der Waals surface area contributed by atoms with Crippen LogP contribution in [0.25, 0.3) is 44.2 Å². The SMILES string of the molecule is c1cc2cc(-c3cnc(C4CCCN4)[nH]3)ccc2cc1-c1ccc2nc(C3CCCN3)[nH]c2c1. The summed E-state index contributed by atoms with van der Waals surface area (Å²) in [6, 6.07) is 20.6. The van der Waals surface area contributed by atoms with E-state index in [4.69, 9.17) is 4.98 Å². The second-order valence-electron chi connectivity index (χ2n) is 9.61. The number of benzene rings is 3. The molecule has 2 saturated heterocycles. The summed E-state index contributed by atoms with van der Waals surface area (Å²) in [5.74, 6) is 2.10. The van der Waals surface area contributed by atoms with Gasteiger partial charge in [-0.05, 0) is 84.9 Å².